The molecule has 8 nitrogen and oxygen atoms in total. The molecule has 0 aliphatic carbocycles. The van der Waals surface area contributed by atoms with Gasteiger partial charge in [0.05, 0.1) is 18.5 Å². The second-order valence-corrected chi connectivity index (χ2v) is 4.13. The van der Waals surface area contributed by atoms with Gasteiger partial charge in [-0.2, -0.15) is 0 Å². The van der Waals surface area contributed by atoms with Gasteiger partial charge >= 0.3 is 6.03 Å². The Labute approximate surface area is 121 Å². The highest BCUT2D eigenvalue weighted by atomic mass is 16.5. The van der Waals surface area contributed by atoms with Gasteiger partial charge in [-0.25, -0.2) is 9.78 Å². The molecule has 0 aromatic carbocycles. The third-order valence-electron chi connectivity index (χ3n) is 2.40. The number of carbonyl (C=O) groups excluding carboxylic acids is 1. The third-order valence-corrected chi connectivity index (χ3v) is 2.40. The monoisotopic (exact) mass is 292 g/mol. The van der Waals surface area contributed by atoms with Gasteiger partial charge < -0.3 is 19.3 Å². The fraction of sp³-hybridized carbons (Fsp3) is 0.308. The van der Waals surface area contributed by atoms with Crippen molar-refractivity contribution in [1.82, 2.24) is 10.1 Å². The Bertz CT molecular complexity index is 582. The number of aromatic nitrogens is 2. The highest BCUT2D eigenvalue weighted by molar-refractivity contribution is 5.98. The summed E-state index contributed by atoms with van der Waals surface area (Å²) >= 11 is 0. The number of anilines is 2. The summed E-state index contributed by atoms with van der Waals surface area (Å²) in [5.74, 6) is 1.42. The average molecular weight is 292 g/mol. The minimum absolute atomic E-state index is 0.345. The largest absolute Gasteiger partial charge is 0.475 e. The molecule has 21 heavy (non-hydrogen) atoms. The molecule has 0 unspecified atom stereocenters. The van der Waals surface area contributed by atoms with Gasteiger partial charge in [-0.1, -0.05) is 5.16 Å². The second kappa shape index (κ2) is 7.25. The summed E-state index contributed by atoms with van der Waals surface area (Å²) in [6, 6.07) is 4.52. The van der Waals surface area contributed by atoms with Crippen LogP contribution in [0.3, 0.4) is 0 Å². The van der Waals surface area contributed by atoms with Crippen LogP contribution in [0.4, 0.5) is 16.3 Å². The molecule has 0 aliphatic heterocycles. The normalized spacial score (nSPS) is 10.2. The van der Waals surface area contributed by atoms with E-state index in [1.54, 1.807) is 32.2 Å². The maximum atomic E-state index is 11.7. The Hall–Kier alpha value is -2.61. The Morgan fingerprint density at radius 3 is 2.81 bits per heavy atom. The van der Waals surface area contributed by atoms with Gasteiger partial charge in [0, 0.05) is 19.2 Å². The lowest BCUT2D eigenvalue weighted by Gasteiger charge is -2.07. The Morgan fingerprint density at radius 1 is 1.33 bits per heavy atom. The summed E-state index contributed by atoms with van der Waals surface area (Å²) in [6.07, 6.45) is 1.50. The van der Waals surface area contributed by atoms with Crippen LogP contribution in [0.5, 0.6) is 5.88 Å². The first-order chi connectivity index (χ1) is 10.2. The summed E-state index contributed by atoms with van der Waals surface area (Å²) in [6.45, 7) is 2.64. The first-order valence-electron chi connectivity index (χ1n) is 6.26. The van der Waals surface area contributed by atoms with E-state index < -0.39 is 6.03 Å². The molecule has 0 spiro atoms. The number of nitrogens with zero attached hydrogens (tertiary/aromatic N) is 2. The molecule has 2 heterocycles. The van der Waals surface area contributed by atoms with E-state index in [1.165, 1.54) is 6.20 Å². The lowest BCUT2D eigenvalue weighted by Crippen LogP contribution is -2.19. The molecule has 0 aliphatic rings. The van der Waals surface area contributed by atoms with E-state index >= 15 is 0 Å². The van der Waals surface area contributed by atoms with Gasteiger partial charge in [-0.05, 0) is 13.0 Å². The van der Waals surface area contributed by atoms with Crippen molar-refractivity contribution in [3.63, 3.8) is 0 Å². The van der Waals surface area contributed by atoms with E-state index in [2.05, 4.69) is 20.8 Å². The first-order valence-corrected chi connectivity index (χ1v) is 6.26. The standard InChI is InChI=1S/C13H16N4O4/c1-9-7-11(17-21-9)16-13(18)15-10-3-4-12(14-8-10)20-6-5-19-2/h3-4,7-8H,5-6H2,1-2H3,(H2,15,16,17,18). The number of methoxy groups -OCH3 is 1. The molecule has 2 rings (SSSR count). The summed E-state index contributed by atoms with van der Waals surface area (Å²) < 4.78 is 15.0. The predicted molar refractivity (Wildman–Crippen MR) is 75.5 cm³/mol. The van der Waals surface area contributed by atoms with E-state index in [4.69, 9.17) is 14.0 Å². The molecule has 112 valence electrons. The fourth-order valence-electron chi connectivity index (χ4n) is 1.47. The van der Waals surface area contributed by atoms with Crippen molar-refractivity contribution in [2.45, 2.75) is 6.92 Å². The summed E-state index contributed by atoms with van der Waals surface area (Å²) in [7, 11) is 1.60. The topological polar surface area (TPSA) is 98.5 Å². The zero-order valence-electron chi connectivity index (χ0n) is 11.8. The van der Waals surface area contributed by atoms with Crippen LogP contribution in [0.2, 0.25) is 0 Å². The van der Waals surface area contributed by atoms with Crippen molar-refractivity contribution in [3.05, 3.63) is 30.2 Å². The molecule has 2 amide bonds. The number of ether oxygens (including phenoxy) is 2. The van der Waals surface area contributed by atoms with Crippen LogP contribution < -0.4 is 15.4 Å². The quantitative estimate of drug-likeness (QED) is 0.791. The molecule has 8 heteroatoms. The molecule has 0 fully saturated rings. The van der Waals surface area contributed by atoms with Gasteiger partial charge in [0.1, 0.15) is 12.4 Å². The van der Waals surface area contributed by atoms with Crippen molar-refractivity contribution in [2.75, 3.05) is 31.0 Å². The van der Waals surface area contributed by atoms with Crippen molar-refractivity contribution in [3.8, 4) is 5.88 Å². The number of hydrogen-bond donors (Lipinski definition) is 2. The number of hydrogen-bond acceptors (Lipinski definition) is 6. The van der Waals surface area contributed by atoms with E-state index in [-0.39, 0.29) is 0 Å². The summed E-state index contributed by atoms with van der Waals surface area (Å²) in [4.78, 5) is 15.8. The molecule has 2 aromatic rings. The number of amides is 2. The van der Waals surface area contributed by atoms with E-state index in [0.29, 0.717) is 36.4 Å². The smallest absolute Gasteiger partial charge is 0.324 e. The number of pyridine rings is 1. The molecule has 0 saturated heterocycles. The molecule has 2 N–H and O–H groups in total. The van der Waals surface area contributed by atoms with Gasteiger partial charge in [-0.3, -0.25) is 5.32 Å². The van der Waals surface area contributed by atoms with Crippen LogP contribution in [0.15, 0.2) is 28.9 Å². The van der Waals surface area contributed by atoms with Crippen molar-refractivity contribution >= 4 is 17.5 Å². The van der Waals surface area contributed by atoms with E-state index in [0.717, 1.165) is 0 Å². The van der Waals surface area contributed by atoms with E-state index in [1.807, 2.05) is 0 Å². The van der Waals surface area contributed by atoms with Crippen LogP contribution >= 0.6 is 0 Å². The Morgan fingerprint density at radius 2 is 2.19 bits per heavy atom. The van der Waals surface area contributed by atoms with Crippen LogP contribution in [-0.2, 0) is 4.74 Å². The van der Waals surface area contributed by atoms with Gasteiger partial charge in [0.2, 0.25) is 5.88 Å². The number of nitrogens with one attached hydrogen (secondary N) is 2. The zero-order valence-corrected chi connectivity index (χ0v) is 11.8. The van der Waals surface area contributed by atoms with Crippen LogP contribution in [0.25, 0.3) is 0 Å². The molecule has 0 radical (unpaired) electrons. The molecule has 2 aromatic heterocycles. The van der Waals surface area contributed by atoms with Crippen LogP contribution in [0.1, 0.15) is 5.76 Å². The minimum atomic E-state index is -0.432. The Balaban J connectivity index is 1.83. The molecular weight excluding hydrogens is 276 g/mol. The first kappa shape index (κ1) is 14.8. The number of aryl methyl sites for hydroxylation is 1. The van der Waals surface area contributed by atoms with Crippen molar-refractivity contribution in [1.29, 1.82) is 0 Å². The van der Waals surface area contributed by atoms with Crippen molar-refractivity contribution < 1.29 is 18.8 Å². The molecule has 0 saturated carbocycles. The van der Waals surface area contributed by atoms with Crippen LogP contribution in [-0.4, -0.2) is 36.5 Å². The molecule has 0 bridgehead atoms. The maximum absolute atomic E-state index is 11.7. The zero-order chi connectivity index (χ0) is 15.1. The number of carbonyl (C=O) groups is 1. The minimum Gasteiger partial charge on any atom is -0.475 e. The lowest BCUT2D eigenvalue weighted by molar-refractivity contribution is 0.144. The van der Waals surface area contributed by atoms with Crippen LogP contribution in [0, 0.1) is 6.92 Å². The SMILES string of the molecule is COCCOc1ccc(NC(=O)Nc2cc(C)on2)cn1. The number of urea groups is 1. The Kier molecular flexibility index (Phi) is 5.10. The third kappa shape index (κ3) is 4.77. The predicted octanol–water partition coefficient (Wildman–Crippen LogP) is 2.05. The molecular formula is C13H16N4O4. The highest BCUT2D eigenvalue weighted by Crippen LogP contribution is 2.12. The fourth-order valence-corrected chi connectivity index (χ4v) is 1.47. The van der Waals surface area contributed by atoms with Gasteiger partial charge in [0.25, 0.3) is 0 Å². The van der Waals surface area contributed by atoms with E-state index in [9.17, 15) is 4.79 Å². The summed E-state index contributed by atoms with van der Waals surface area (Å²) in [5.41, 5.74) is 0.534. The van der Waals surface area contributed by atoms with Gasteiger partial charge in [-0.15, -0.1) is 0 Å². The summed E-state index contributed by atoms with van der Waals surface area (Å²) in [5, 5.41) is 8.82. The second-order valence-electron chi connectivity index (χ2n) is 4.13. The average Bonchev–Trinajstić information content (AvgIpc) is 2.86. The van der Waals surface area contributed by atoms with Gasteiger partial charge in [0.15, 0.2) is 5.82 Å². The highest BCUT2D eigenvalue weighted by Gasteiger charge is 2.06. The lowest BCUT2D eigenvalue weighted by atomic mass is 10.4. The molecule has 0 atom stereocenters. The number of rotatable bonds is 6. The van der Waals surface area contributed by atoms with Crippen molar-refractivity contribution in [2.24, 2.45) is 0 Å². The maximum Gasteiger partial charge on any atom is 0.324 e.